The highest BCUT2D eigenvalue weighted by Crippen LogP contribution is 2.14. The molecule has 0 aromatic heterocycles. The zero-order valence-corrected chi connectivity index (χ0v) is 11.8. The first-order valence-electron chi connectivity index (χ1n) is 6.25. The van der Waals surface area contributed by atoms with Crippen molar-refractivity contribution in [2.24, 2.45) is 0 Å². The van der Waals surface area contributed by atoms with Gasteiger partial charge in [0.05, 0.1) is 26.2 Å². The number of morpholine rings is 1. The summed E-state index contributed by atoms with van der Waals surface area (Å²) in [4.78, 5) is 35.7. The maximum absolute atomic E-state index is 12.2. The molecule has 0 aromatic rings. The van der Waals surface area contributed by atoms with Crippen LogP contribution in [0, 0.1) is 0 Å². The molecule has 0 bridgehead atoms. The van der Waals surface area contributed by atoms with Crippen molar-refractivity contribution < 1.29 is 29.0 Å². The van der Waals surface area contributed by atoms with E-state index in [9.17, 15) is 14.4 Å². The van der Waals surface area contributed by atoms with Gasteiger partial charge in [0.1, 0.15) is 0 Å². The Labute approximate surface area is 117 Å². The van der Waals surface area contributed by atoms with Crippen molar-refractivity contribution in [1.29, 1.82) is 0 Å². The van der Waals surface area contributed by atoms with E-state index in [4.69, 9.17) is 9.84 Å². The molecule has 1 atom stereocenters. The van der Waals surface area contributed by atoms with E-state index in [1.54, 1.807) is 0 Å². The highest BCUT2D eigenvalue weighted by atomic mass is 16.5. The van der Waals surface area contributed by atoms with Crippen molar-refractivity contribution in [3.8, 4) is 0 Å². The number of esters is 1. The summed E-state index contributed by atoms with van der Waals surface area (Å²) in [6, 6.07) is 0. The number of carboxylic acids is 1. The fraction of sp³-hybridized carbons (Fsp3) is 0.615. The smallest absolute Gasteiger partial charge is 0.331 e. The summed E-state index contributed by atoms with van der Waals surface area (Å²) in [6.45, 7) is 3.81. The van der Waals surface area contributed by atoms with Crippen molar-refractivity contribution in [3.63, 3.8) is 0 Å². The zero-order chi connectivity index (χ0) is 15.3. The molecule has 112 valence electrons. The molecular weight excluding hydrogens is 266 g/mol. The summed E-state index contributed by atoms with van der Waals surface area (Å²) in [5.41, 5.74) is 0.210. The highest BCUT2D eigenvalue weighted by Gasteiger charge is 2.28. The molecule has 1 fully saturated rings. The molecule has 1 heterocycles. The maximum Gasteiger partial charge on any atom is 0.331 e. The number of amides is 1. The van der Waals surface area contributed by atoms with Crippen molar-refractivity contribution in [2.75, 3.05) is 26.8 Å². The molecule has 1 saturated heterocycles. The molecule has 20 heavy (non-hydrogen) atoms. The lowest BCUT2D eigenvalue weighted by molar-refractivity contribution is -0.148. The van der Waals surface area contributed by atoms with Gasteiger partial charge in [0.25, 0.3) is 0 Å². The number of rotatable bonds is 4. The molecule has 1 N–H and O–H groups in total. The van der Waals surface area contributed by atoms with Crippen LogP contribution in [-0.2, 0) is 23.9 Å². The average molecular weight is 285 g/mol. The Bertz CT molecular complexity index is 442. The molecule has 1 rings (SSSR count). The molecular formula is C13H19NO6. The van der Waals surface area contributed by atoms with Crippen LogP contribution in [0.3, 0.4) is 0 Å². The highest BCUT2D eigenvalue weighted by molar-refractivity contribution is 6.01. The number of carbonyl (C=O) groups excluding carboxylic acids is 2. The average Bonchev–Trinajstić information content (AvgIpc) is 2.44. The summed E-state index contributed by atoms with van der Waals surface area (Å²) in [7, 11) is 1.29. The Morgan fingerprint density at radius 1 is 1.30 bits per heavy atom. The number of carbonyl (C=O) groups is 3. The SMILES string of the molecule is COC(=O)CC1CN(C(=O)C(C)=C(C)C(=O)O)CCO1. The lowest BCUT2D eigenvalue weighted by Crippen LogP contribution is -2.46. The molecule has 0 radical (unpaired) electrons. The zero-order valence-electron chi connectivity index (χ0n) is 11.8. The second kappa shape index (κ2) is 7.04. The van der Waals surface area contributed by atoms with Gasteiger partial charge in [-0.2, -0.15) is 0 Å². The Morgan fingerprint density at radius 2 is 1.95 bits per heavy atom. The van der Waals surface area contributed by atoms with E-state index in [-0.39, 0.29) is 30.0 Å². The van der Waals surface area contributed by atoms with Gasteiger partial charge in [-0.3, -0.25) is 9.59 Å². The van der Waals surface area contributed by atoms with Crippen molar-refractivity contribution in [2.45, 2.75) is 26.4 Å². The number of carboxylic acid groups (broad SMARTS) is 1. The Balaban J connectivity index is 2.72. The van der Waals surface area contributed by atoms with Gasteiger partial charge in [-0.15, -0.1) is 0 Å². The standard InChI is InChI=1S/C13H19NO6/c1-8(9(2)13(17)18)12(16)14-4-5-20-10(7-14)6-11(15)19-3/h10H,4-7H2,1-3H3,(H,17,18). The minimum atomic E-state index is -1.12. The minimum Gasteiger partial charge on any atom is -0.478 e. The fourth-order valence-electron chi connectivity index (χ4n) is 1.85. The predicted molar refractivity (Wildman–Crippen MR) is 69.0 cm³/mol. The van der Waals surface area contributed by atoms with Gasteiger partial charge in [0, 0.05) is 24.2 Å². The molecule has 1 aliphatic heterocycles. The number of nitrogens with zero attached hydrogens (tertiary/aromatic N) is 1. The lowest BCUT2D eigenvalue weighted by Gasteiger charge is -2.32. The number of methoxy groups -OCH3 is 1. The van der Waals surface area contributed by atoms with Gasteiger partial charge in [0.15, 0.2) is 0 Å². The third kappa shape index (κ3) is 4.06. The van der Waals surface area contributed by atoms with Crippen LogP contribution in [-0.4, -0.2) is 60.8 Å². The number of hydrogen-bond donors (Lipinski definition) is 1. The summed E-state index contributed by atoms with van der Waals surface area (Å²) in [5.74, 6) is -1.86. The van der Waals surface area contributed by atoms with Crippen LogP contribution in [0.2, 0.25) is 0 Å². The quantitative estimate of drug-likeness (QED) is 0.586. The van der Waals surface area contributed by atoms with Crippen molar-refractivity contribution >= 4 is 17.8 Å². The molecule has 7 heteroatoms. The molecule has 0 aromatic carbocycles. The maximum atomic E-state index is 12.2. The lowest BCUT2D eigenvalue weighted by atomic mass is 10.1. The van der Waals surface area contributed by atoms with Gasteiger partial charge in [-0.05, 0) is 13.8 Å². The molecule has 0 spiro atoms. The predicted octanol–water partition coefficient (Wildman–Crippen LogP) is 0.198. The summed E-state index contributed by atoms with van der Waals surface area (Å²) < 4.78 is 9.95. The van der Waals surface area contributed by atoms with Gasteiger partial charge in [0.2, 0.25) is 5.91 Å². The fourth-order valence-corrected chi connectivity index (χ4v) is 1.85. The monoisotopic (exact) mass is 285 g/mol. The van der Waals surface area contributed by atoms with Crippen LogP contribution in [0.15, 0.2) is 11.1 Å². The first-order valence-corrected chi connectivity index (χ1v) is 6.25. The van der Waals surface area contributed by atoms with Crippen LogP contribution in [0.4, 0.5) is 0 Å². The van der Waals surface area contributed by atoms with Crippen molar-refractivity contribution in [3.05, 3.63) is 11.1 Å². The summed E-state index contributed by atoms with van der Waals surface area (Å²) in [5, 5.41) is 8.89. The number of hydrogen-bond acceptors (Lipinski definition) is 5. The molecule has 1 amide bonds. The van der Waals surface area contributed by atoms with E-state index in [0.29, 0.717) is 13.2 Å². The minimum absolute atomic E-state index is 0.0195. The molecule has 7 nitrogen and oxygen atoms in total. The molecule has 0 aliphatic carbocycles. The molecule has 1 aliphatic rings. The largest absolute Gasteiger partial charge is 0.478 e. The van der Waals surface area contributed by atoms with Gasteiger partial charge >= 0.3 is 11.9 Å². The third-order valence-corrected chi connectivity index (χ3v) is 3.25. The Morgan fingerprint density at radius 3 is 2.50 bits per heavy atom. The molecule has 1 unspecified atom stereocenters. The first kappa shape index (κ1) is 16.2. The van der Waals surface area contributed by atoms with Gasteiger partial charge in [-0.1, -0.05) is 0 Å². The number of ether oxygens (including phenoxy) is 2. The van der Waals surface area contributed by atoms with Crippen LogP contribution >= 0.6 is 0 Å². The number of aliphatic carboxylic acids is 1. The topological polar surface area (TPSA) is 93.1 Å². The second-order valence-electron chi connectivity index (χ2n) is 4.58. The normalized spacial score (nSPS) is 20.1. The Kier molecular flexibility index (Phi) is 5.69. The third-order valence-electron chi connectivity index (χ3n) is 3.25. The van der Waals surface area contributed by atoms with Crippen molar-refractivity contribution in [1.82, 2.24) is 4.90 Å². The Hall–Kier alpha value is -1.89. The van der Waals surface area contributed by atoms with Crippen LogP contribution in [0.25, 0.3) is 0 Å². The second-order valence-corrected chi connectivity index (χ2v) is 4.58. The van der Waals surface area contributed by atoms with E-state index >= 15 is 0 Å². The summed E-state index contributed by atoms with van der Waals surface area (Å²) in [6.07, 6.45) is -0.348. The summed E-state index contributed by atoms with van der Waals surface area (Å²) >= 11 is 0. The van der Waals surface area contributed by atoms with Gasteiger partial charge in [-0.25, -0.2) is 4.79 Å². The molecule has 0 saturated carbocycles. The van der Waals surface area contributed by atoms with E-state index in [2.05, 4.69) is 4.74 Å². The van der Waals surface area contributed by atoms with Crippen LogP contribution in [0.5, 0.6) is 0 Å². The van der Waals surface area contributed by atoms with Crippen LogP contribution < -0.4 is 0 Å². The van der Waals surface area contributed by atoms with E-state index in [0.717, 1.165) is 0 Å². The van der Waals surface area contributed by atoms with E-state index < -0.39 is 18.0 Å². The first-order chi connectivity index (χ1) is 9.36. The van der Waals surface area contributed by atoms with E-state index in [1.165, 1.54) is 25.9 Å². The van der Waals surface area contributed by atoms with Gasteiger partial charge < -0.3 is 19.5 Å². The van der Waals surface area contributed by atoms with E-state index in [1.807, 2.05) is 0 Å². The van der Waals surface area contributed by atoms with Crippen LogP contribution in [0.1, 0.15) is 20.3 Å².